The maximum absolute atomic E-state index is 13.8. The molecule has 2 N–H and O–H groups in total. The maximum Gasteiger partial charge on any atom is 0.246 e. The molecule has 1 heterocycles. The molecule has 108 valence electrons. The van der Waals surface area contributed by atoms with E-state index >= 15 is 0 Å². The van der Waals surface area contributed by atoms with Gasteiger partial charge in [0.05, 0.1) is 17.7 Å². The van der Waals surface area contributed by atoms with Crippen LogP contribution in [0.5, 0.6) is 0 Å². The number of hydrogen-bond donors (Lipinski definition) is 1. The highest BCUT2D eigenvalue weighted by Crippen LogP contribution is 2.25. The van der Waals surface area contributed by atoms with Gasteiger partial charge in [0.25, 0.3) is 0 Å². The van der Waals surface area contributed by atoms with Gasteiger partial charge in [0, 0.05) is 12.4 Å². The quantitative estimate of drug-likeness (QED) is 0.872. The van der Waals surface area contributed by atoms with Crippen LogP contribution >= 0.6 is 11.3 Å². The van der Waals surface area contributed by atoms with Crippen molar-refractivity contribution >= 4 is 27.0 Å². The summed E-state index contributed by atoms with van der Waals surface area (Å²) >= 11 is 1.32. The Hall–Kier alpha value is -1.58. The lowest BCUT2D eigenvalue weighted by molar-refractivity contribution is 0.456. The minimum atomic E-state index is -4.11. The Bertz CT molecular complexity index is 718. The zero-order valence-corrected chi connectivity index (χ0v) is 12.0. The van der Waals surface area contributed by atoms with E-state index in [-0.39, 0.29) is 6.54 Å². The summed E-state index contributed by atoms with van der Waals surface area (Å²) in [6.07, 6.45) is 0. The van der Waals surface area contributed by atoms with Crippen molar-refractivity contribution in [2.24, 2.45) is 0 Å². The normalized spacial score (nSPS) is 12.0. The number of anilines is 1. The first-order chi connectivity index (χ1) is 9.34. The van der Waals surface area contributed by atoms with Gasteiger partial charge in [-0.25, -0.2) is 22.2 Å². The van der Waals surface area contributed by atoms with E-state index in [9.17, 15) is 17.2 Å². The van der Waals surface area contributed by atoms with Crippen LogP contribution in [0.15, 0.2) is 27.9 Å². The Morgan fingerprint density at radius 1 is 1.40 bits per heavy atom. The van der Waals surface area contributed by atoms with Crippen LogP contribution in [-0.2, 0) is 16.6 Å². The van der Waals surface area contributed by atoms with Gasteiger partial charge in [0.2, 0.25) is 10.0 Å². The summed E-state index contributed by atoms with van der Waals surface area (Å²) in [6.45, 7) is -0.0114. The van der Waals surface area contributed by atoms with E-state index in [4.69, 9.17) is 5.73 Å². The summed E-state index contributed by atoms with van der Waals surface area (Å²) in [5.74, 6) is -2.28. The van der Waals surface area contributed by atoms with Crippen LogP contribution in [0, 0.1) is 11.6 Å². The Morgan fingerprint density at radius 3 is 2.70 bits per heavy atom. The number of rotatable bonds is 4. The van der Waals surface area contributed by atoms with Gasteiger partial charge in [-0.2, -0.15) is 4.31 Å². The van der Waals surface area contributed by atoms with Crippen molar-refractivity contribution in [1.82, 2.24) is 9.29 Å². The van der Waals surface area contributed by atoms with Crippen LogP contribution in [0.3, 0.4) is 0 Å². The zero-order chi connectivity index (χ0) is 14.9. The predicted molar refractivity (Wildman–Crippen MR) is 71.5 cm³/mol. The van der Waals surface area contributed by atoms with Gasteiger partial charge in [-0.3, -0.25) is 0 Å². The molecule has 5 nitrogen and oxygen atoms in total. The minimum absolute atomic E-state index is 0.0114. The fourth-order valence-electron chi connectivity index (χ4n) is 1.55. The number of nitrogen functional groups attached to an aromatic ring is 1. The molecule has 0 atom stereocenters. The molecule has 0 radical (unpaired) electrons. The summed E-state index contributed by atoms with van der Waals surface area (Å²) < 4.78 is 52.3. The molecule has 1 aromatic carbocycles. The fraction of sp³-hybridized carbons (Fsp3) is 0.182. The molecule has 0 aliphatic heterocycles. The average molecular weight is 319 g/mol. The van der Waals surface area contributed by atoms with Gasteiger partial charge in [-0.1, -0.05) is 0 Å². The highest BCUT2D eigenvalue weighted by molar-refractivity contribution is 7.89. The van der Waals surface area contributed by atoms with Crippen molar-refractivity contribution < 1.29 is 17.2 Å². The summed E-state index contributed by atoms with van der Waals surface area (Å²) in [5, 5.41) is 1.68. The van der Waals surface area contributed by atoms with Crippen LogP contribution in [0.1, 0.15) is 5.69 Å². The Balaban J connectivity index is 2.37. The van der Waals surface area contributed by atoms with E-state index in [0.717, 1.165) is 16.4 Å². The molecule has 0 saturated carbocycles. The average Bonchev–Trinajstić information content (AvgIpc) is 2.88. The van der Waals surface area contributed by atoms with Crippen LogP contribution in [-0.4, -0.2) is 24.8 Å². The van der Waals surface area contributed by atoms with Crippen molar-refractivity contribution in [3.8, 4) is 0 Å². The number of aromatic nitrogens is 1. The van der Waals surface area contributed by atoms with Gasteiger partial charge in [-0.15, -0.1) is 11.3 Å². The molecule has 1 aromatic heterocycles. The van der Waals surface area contributed by atoms with E-state index in [1.165, 1.54) is 18.4 Å². The second kappa shape index (κ2) is 5.43. The lowest BCUT2D eigenvalue weighted by Gasteiger charge is -2.17. The number of hydrogen-bond acceptors (Lipinski definition) is 5. The lowest BCUT2D eigenvalue weighted by Crippen LogP contribution is -2.27. The first-order valence-corrected chi connectivity index (χ1v) is 7.79. The van der Waals surface area contributed by atoms with Crippen LogP contribution in [0.4, 0.5) is 14.5 Å². The topological polar surface area (TPSA) is 76.3 Å². The molecule has 2 rings (SSSR count). The van der Waals surface area contributed by atoms with Crippen LogP contribution < -0.4 is 5.73 Å². The first-order valence-electron chi connectivity index (χ1n) is 5.41. The second-order valence-corrected chi connectivity index (χ2v) is 6.75. The first kappa shape index (κ1) is 14.8. The molecule has 0 amide bonds. The van der Waals surface area contributed by atoms with Crippen LogP contribution in [0.25, 0.3) is 0 Å². The molecular formula is C11H11F2N3O2S2. The molecule has 9 heteroatoms. The Labute approximate surface area is 118 Å². The van der Waals surface area contributed by atoms with Crippen molar-refractivity contribution in [1.29, 1.82) is 0 Å². The Morgan fingerprint density at radius 2 is 2.10 bits per heavy atom. The molecule has 0 aliphatic carbocycles. The van der Waals surface area contributed by atoms with E-state index < -0.39 is 32.2 Å². The van der Waals surface area contributed by atoms with E-state index in [0.29, 0.717) is 5.69 Å². The molecule has 20 heavy (non-hydrogen) atoms. The standard InChI is InChI=1S/C11H11F2N3O2S2/c1-16(4-7-5-19-6-15-7)20(17,18)9-3-2-8(12)11(14)10(9)13/h2-3,5-6H,4,14H2,1H3. The summed E-state index contributed by atoms with van der Waals surface area (Å²) in [6, 6.07) is 1.68. The van der Waals surface area contributed by atoms with Gasteiger partial charge in [-0.05, 0) is 12.1 Å². The third-order valence-electron chi connectivity index (χ3n) is 2.65. The van der Waals surface area contributed by atoms with Gasteiger partial charge >= 0.3 is 0 Å². The molecule has 2 aromatic rings. The number of sulfonamides is 1. The number of nitrogens with zero attached hydrogens (tertiary/aromatic N) is 2. The largest absolute Gasteiger partial charge is 0.394 e. The van der Waals surface area contributed by atoms with Crippen molar-refractivity contribution in [2.75, 3.05) is 12.8 Å². The SMILES string of the molecule is CN(Cc1cscn1)S(=O)(=O)c1ccc(F)c(N)c1F. The number of halogens is 2. The fourth-order valence-corrected chi connectivity index (χ4v) is 3.31. The third kappa shape index (κ3) is 2.65. The highest BCUT2D eigenvalue weighted by atomic mass is 32.2. The molecule has 0 aliphatic rings. The van der Waals surface area contributed by atoms with Gasteiger partial charge < -0.3 is 5.73 Å². The minimum Gasteiger partial charge on any atom is -0.394 e. The monoisotopic (exact) mass is 319 g/mol. The van der Waals surface area contributed by atoms with Crippen molar-refractivity contribution in [3.63, 3.8) is 0 Å². The van der Waals surface area contributed by atoms with E-state index in [2.05, 4.69) is 4.98 Å². The third-order valence-corrected chi connectivity index (χ3v) is 5.10. The highest BCUT2D eigenvalue weighted by Gasteiger charge is 2.27. The molecule has 0 fully saturated rings. The molecule has 0 spiro atoms. The summed E-state index contributed by atoms with van der Waals surface area (Å²) in [7, 11) is -2.82. The smallest absolute Gasteiger partial charge is 0.246 e. The molecule has 0 bridgehead atoms. The Kier molecular flexibility index (Phi) is 4.02. The van der Waals surface area contributed by atoms with Gasteiger partial charge in [0.1, 0.15) is 16.4 Å². The van der Waals surface area contributed by atoms with E-state index in [1.807, 2.05) is 0 Å². The maximum atomic E-state index is 13.8. The molecule has 0 saturated heterocycles. The molecular weight excluding hydrogens is 308 g/mol. The lowest BCUT2D eigenvalue weighted by atomic mass is 10.3. The number of nitrogens with two attached hydrogens (primary N) is 1. The van der Waals surface area contributed by atoms with E-state index in [1.54, 1.807) is 10.9 Å². The van der Waals surface area contributed by atoms with Gasteiger partial charge in [0.15, 0.2) is 5.82 Å². The van der Waals surface area contributed by atoms with Crippen molar-refractivity contribution in [2.45, 2.75) is 11.4 Å². The zero-order valence-electron chi connectivity index (χ0n) is 10.4. The number of benzene rings is 1. The number of thiazole rings is 1. The summed E-state index contributed by atoms with van der Waals surface area (Å²) in [4.78, 5) is 3.29. The van der Waals surface area contributed by atoms with Crippen LogP contribution in [0.2, 0.25) is 0 Å². The van der Waals surface area contributed by atoms with Crippen molar-refractivity contribution in [3.05, 3.63) is 40.4 Å². The molecule has 0 unspecified atom stereocenters. The summed E-state index contributed by atoms with van der Waals surface area (Å²) in [5.41, 5.74) is 6.46. The predicted octanol–water partition coefficient (Wildman–Crippen LogP) is 1.82. The second-order valence-electron chi connectivity index (χ2n) is 4.01.